The lowest BCUT2D eigenvalue weighted by molar-refractivity contribution is 0.0687. The summed E-state index contributed by atoms with van der Waals surface area (Å²) in [4.78, 5) is 23.8. The summed E-state index contributed by atoms with van der Waals surface area (Å²) < 4.78 is 11.0. The predicted molar refractivity (Wildman–Crippen MR) is 109 cm³/mol. The van der Waals surface area contributed by atoms with Gasteiger partial charge in [0.15, 0.2) is 11.5 Å². The number of rotatable bonds is 4. The zero-order chi connectivity index (χ0) is 20.4. The van der Waals surface area contributed by atoms with E-state index in [2.05, 4.69) is 9.97 Å². The van der Waals surface area contributed by atoms with Crippen LogP contribution in [-0.4, -0.2) is 41.5 Å². The fourth-order valence-corrected chi connectivity index (χ4v) is 3.81. The van der Waals surface area contributed by atoms with Crippen molar-refractivity contribution < 1.29 is 14.3 Å². The third-order valence-electron chi connectivity index (χ3n) is 5.25. The van der Waals surface area contributed by atoms with Crippen LogP contribution in [0.2, 0.25) is 0 Å². The lowest BCUT2D eigenvalue weighted by Crippen LogP contribution is -2.41. The molecule has 2 aromatic carbocycles. The van der Waals surface area contributed by atoms with Crippen LogP contribution in [0.25, 0.3) is 0 Å². The molecule has 6 heteroatoms. The maximum atomic E-state index is 13.3. The van der Waals surface area contributed by atoms with E-state index in [9.17, 15) is 4.79 Å². The van der Waals surface area contributed by atoms with Crippen LogP contribution < -0.4 is 9.47 Å². The Bertz CT molecular complexity index is 1020. The lowest BCUT2D eigenvalue weighted by atomic mass is 9.87. The van der Waals surface area contributed by atoms with Gasteiger partial charge in [0, 0.05) is 12.7 Å². The molecule has 1 aromatic heterocycles. The number of carbonyl (C=O) groups is 1. The van der Waals surface area contributed by atoms with E-state index in [1.54, 1.807) is 26.6 Å². The third kappa shape index (κ3) is 3.53. The largest absolute Gasteiger partial charge is 0.493 e. The van der Waals surface area contributed by atoms with E-state index in [1.165, 1.54) is 0 Å². The van der Waals surface area contributed by atoms with Crippen molar-refractivity contribution in [3.63, 3.8) is 0 Å². The molecule has 0 fully saturated rings. The Balaban J connectivity index is 1.83. The highest BCUT2D eigenvalue weighted by Crippen LogP contribution is 2.41. The van der Waals surface area contributed by atoms with Gasteiger partial charge in [0.25, 0.3) is 5.91 Å². The molecule has 4 rings (SSSR count). The van der Waals surface area contributed by atoms with Crippen molar-refractivity contribution in [1.29, 1.82) is 0 Å². The Morgan fingerprint density at radius 1 is 1.03 bits per heavy atom. The number of ether oxygens (including phenoxy) is 2. The summed E-state index contributed by atoms with van der Waals surface area (Å²) in [6.45, 7) is 2.43. The van der Waals surface area contributed by atoms with Crippen molar-refractivity contribution in [1.82, 2.24) is 14.9 Å². The first kappa shape index (κ1) is 18.9. The SMILES string of the molecule is COc1cc2c(cc1OC)[C@H](c1ccccc1)N(C(=O)c1cnc(C)cn1)CC2. The lowest BCUT2D eigenvalue weighted by Gasteiger charge is -2.38. The molecule has 148 valence electrons. The number of amides is 1. The fourth-order valence-electron chi connectivity index (χ4n) is 3.81. The van der Waals surface area contributed by atoms with Gasteiger partial charge in [0.1, 0.15) is 5.69 Å². The second-order valence-electron chi connectivity index (χ2n) is 7.01. The summed E-state index contributed by atoms with van der Waals surface area (Å²) in [5.74, 6) is 1.21. The van der Waals surface area contributed by atoms with E-state index in [0.29, 0.717) is 23.7 Å². The molecule has 6 nitrogen and oxygen atoms in total. The molecule has 1 aliphatic rings. The maximum Gasteiger partial charge on any atom is 0.274 e. The van der Waals surface area contributed by atoms with Gasteiger partial charge in [-0.3, -0.25) is 9.78 Å². The molecule has 1 atom stereocenters. The van der Waals surface area contributed by atoms with Crippen molar-refractivity contribution in [3.05, 3.63) is 82.9 Å². The standard InChI is InChI=1S/C23H23N3O3/c1-15-13-25-19(14-24-15)23(27)26-10-9-17-11-20(28-2)21(29-3)12-18(17)22(26)16-7-5-4-6-8-16/h4-8,11-14,22H,9-10H2,1-3H3/t22-/m0/s1. The Morgan fingerprint density at radius 3 is 2.41 bits per heavy atom. The summed E-state index contributed by atoms with van der Waals surface area (Å²) in [7, 11) is 3.25. The summed E-state index contributed by atoms with van der Waals surface area (Å²) >= 11 is 0. The van der Waals surface area contributed by atoms with Crippen LogP contribution in [0.1, 0.15) is 38.9 Å². The molecule has 29 heavy (non-hydrogen) atoms. The van der Waals surface area contributed by atoms with Crippen molar-refractivity contribution in [2.45, 2.75) is 19.4 Å². The minimum atomic E-state index is -0.240. The number of carbonyl (C=O) groups excluding carboxylic acids is 1. The van der Waals surface area contributed by atoms with Gasteiger partial charge in [-0.25, -0.2) is 4.98 Å². The molecule has 0 unspecified atom stereocenters. The third-order valence-corrected chi connectivity index (χ3v) is 5.25. The van der Waals surface area contributed by atoms with Crippen molar-refractivity contribution in [3.8, 4) is 11.5 Å². The van der Waals surface area contributed by atoms with Crippen molar-refractivity contribution in [2.75, 3.05) is 20.8 Å². The molecule has 0 N–H and O–H groups in total. The number of nitrogens with zero attached hydrogens (tertiary/aromatic N) is 3. The van der Waals surface area contributed by atoms with Gasteiger partial charge in [-0.2, -0.15) is 0 Å². The quantitative estimate of drug-likeness (QED) is 0.682. The topological polar surface area (TPSA) is 64.6 Å². The van der Waals surface area contributed by atoms with Crippen molar-refractivity contribution in [2.24, 2.45) is 0 Å². The Labute approximate surface area is 170 Å². The fraction of sp³-hybridized carbons (Fsp3) is 0.261. The van der Waals surface area contributed by atoms with Gasteiger partial charge in [-0.1, -0.05) is 30.3 Å². The van der Waals surface area contributed by atoms with E-state index >= 15 is 0 Å². The second kappa shape index (κ2) is 7.91. The van der Waals surface area contributed by atoms with Gasteiger partial charge < -0.3 is 14.4 Å². The maximum absolute atomic E-state index is 13.3. The Hall–Kier alpha value is -3.41. The summed E-state index contributed by atoms with van der Waals surface area (Å²) in [6, 6.07) is 13.8. The van der Waals surface area contributed by atoms with Crippen LogP contribution in [0, 0.1) is 6.92 Å². The molecule has 0 saturated heterocycles. The minimum absolute atomic E-state index is 0.133. The smallest absolute Gasteiger partial charge is 0.274 e. The molecule has 0 aliphatic carbocycles. The van der Waals surface area contributed by atoms with Gasteiger partial charge >= 0.3 is 0 Å². The normalized spacial score (nSPS) is 15.6. The van der Waals surface area contributed by atoms with E-state index in [0.717, 1.165) is 28.8 Å². The minimum Gasteiger partial charge on any atom is -0.493 e. The zero-order valence-corrected chi connectivity index (χ0v) is 16.8. The number of methoxy groups -OCH3 is 2. The van der Waals surface area contributed by atoms with Crippen LogP contribution in [0.3, 0.4) is 0 Å². The van der Waals surface area contributed by atoms with Crippen LogP contribution >= 0.6 is 0 Å². The number of hydrogen-bond acceptors (Lipinski definition) is 5. The van der Waals surface area contributed by atoms with Crippen LogP contribution in [-0.2, 0) is 6.42 Å². The molecule has 0 saturated carbocycles. The van der Waals surface area contributed by atoms with E-state index in [4.69, 9.17) is 9.47 Å². The molecule has 1 aliphatic heterocycles. The van der Waals surface area contributed by atoms with Gasteiger partial charge in [0.2, 0.25) is 0 Å². The predicted octanol–water partition coefficient (Wildman–Crippen LogP) is 3.59. The number of hydrogen-bond donors (Lipinski definition) is 0. The number of benzene rings is 2. The zero-order valence-electron chi connectivity index (χ0n) is 16.8. The van der Waals surface area contributed by atoms with Crippen LogP contribution in [0.15, 0.2) is 54.9 Å². The monoisotopic (exact) mass is 389 g/mol. The van der Waals surface area contributed by atoms with Gasteiger partial charge in [-0.15, -0.1) is 0 Å². The number of fused-ring (bicyclic) bond motifs is 1. The van der Waals surface area contributed by atoms with Gasteiger partial charge in [-0.05, 0) is 42.2 Å². The average Bonchev–Trinajstić information content (AvgIpc) is 2.77. The number of aromatic nitrogens is 2. The molecule has 3 aromatic rings. The average molecular weight is 389 g/mol. The molecule has 2 heterocycles. The molecule has 0 radical (unpaired) electrons. The second-order valence-corrected chi connectivity index (χ2v) is 7.01. The Morgan fingerprint density at radius 2 is 1.76 bits per heavy atom. The van der Waals surface area contributed by atoms with E-state index in [-0.39, 0.29) is 11.9 Å². The van der Waals surface area contributed by atoms with Crippen molar-refractivity contribution >= 4 is 5.91 Å². The summed E-state index contributed by atoms with van der Waals surface area (Å²) in [6.07, 6.45) is 3.89. The highest BCUT2D eigenvalue weighted by molar-refractivity contribution is 5.92. The molecule has 0 spiro atoms. The van der Waals surface area contributed by atoms with E-state index < -0.39 is 0 Å². The van der Waals surface area contributed by atoms with E-state index in [1.807, 2.05) is 54.3 Å². The summed E-state index contributed by atoms with van der Waals surface area (Å²) in [5, 5.41) is 0. The molecule has 1 amide bonds. The number of aryl methyl sites for hydroxylation is 1. The van der Waals surface area contributed by atoms with Crippen LogP contribution in [0.4, 0.5) is 0 Å². The van der Waals surface area contributed by atoms with Crippen LogP contribution in [0.5, 0.6) is 11.5 Å². The highest BCUT2D eigenvalue weighted by Gasteiger charge is 2.34. The highest BCUT2D eigenvalue weighted by atomic mass is 16.5. The summed E-state index contributed by atoms with van der Waals surface area (Å²) in [5.41, 5.74) is 4.35. The molecular weight excluding hydrogens is 366 g/mol. The molecular formula is C23H23N3O3. The first-order chi connectivity index (χ1) is 14.1. The molecule has 0 bridgehead atoms. The first-order valence-corrected chi connectivity index (χ1v) is 9.51. The van der Waals surface area contributed by atoms with Gasteiger partial charge in [0.05, 0.1) is 32.2 Å². The first-order valence-electron chi connectivity index (χ1n) is 9.51. The Kier molecular flexibility index (Phi) is 5.16.